The largest absolute Gasteiger partial charge is 0.487 e. The number of benzene rings is 1. The van der Waals surface area contributed by atoms with Crippen LogP contribution in [0.2, 0.25) is 0 Å². The van der Waals surface area contributed by atoms with Gasteiger partial charge < -0.3 is 14.8 Å². The number of carbonyl (C=O) groups excluding carboxylic acids is 1. The average molecular weight is 249 g/mol. The summed E-state index contributed by atoms with van der Waals surface area (Å²) >= 11 is 0. The molecule has 1 N–H and O–H groups in total. The number of hydrogen-bond donors (Lipinski definition) is 1. The third-order valence-electron chi connectivity index (χ3n) is 2.95. The Morgan fingerprint density at radius 3 is 3.00 bits per heavy atom. The van der Waals surface area contributed by atoms with Gasteiger partial charge in [-0.3, -0.25) is 4.79 Å². The molecular weight excluding hydrogens is 230 g/mol. The van der Waals surface area contributed by atoms with Gasteiger partial charge >= 0.3 is 5.97 Å². The molecule has 0 radical (unpaired) electrons. The van der Waals surface area contributed by atoms with Crippen LogP contribution in [-0.2, 0) is 22.5 Å². The van der Waals surface area contributed by atoms with E-state index in [-0.39, 0.29) is 18.1 Å². The van der Waals surface area contributed by atoms with Crippen LogP contribution in [0, 0.1) is 0 Å². The minimum absolute atomic E-state index is 0.111. The van der Waals surface area contributed by atoms with Crippen molar-refractivity contribution in [2.75, 3.05) is 13.7 Å². The average Bonchev–Trinajstić information content (AvgIpc) is 2.62. The molecule has 4 nitrogen and oxygen atoms in total. The van der Waals surface area contributed by atoms with Crippen molar-refractivity contribution in [1.82, 2.24) is 5.32 Å². The van der Waals surface area contributed by atoms with Crippen molar-refractivity contribution in [2.45, 2.75) is 32.4 Å². The molecule has 0 bridgehead atoms. The standard InChI is InChI=1S/C14H19NO3/c1-14(2)7-11-6-10(4-5-12(11)18-14)8-15-9-13(16)17-3/h4-6,15H,7-9H2,1-3H3. The molecule has 0 saturated heterocycles. The second-order valence-electron chi connectivity index (χ2n) is 5.16. The highest BCUT2D eigenvalue weighted by molar-refractivity contribution is 5.71. The topological polar surface area (TPSA) is 47.6 Å². The third-order valence-corrected chi connectivity index (χ3v) is 2.95. The van der Waals surface area contributed by atoms with Crippen molar-refractivity contribution in [3.8, 4) is 5.75 Å². The first-order chi connectivity index (χ1) is 8.50. The maximum atomic E-state index is 11.0. The summed E-state index contributed by atoms with van der Waals surface area (Å²) in [4.78, 5) is 11.0. The van der Waals surface area contributed by atoms with Crippen molar-refractivity contribution < 1.29 is 14.3 Å². The van der Waals surface area contributed by atoms with Crippen LogP contribution in [0.5, 0.6) is 5.75 Å². The second-order valence-corrected chi connectivity index (χ2v) is 5.16. The Labute approximate surface area is 107 Å². The highest BCUT2D eigenvalue weighted by atomic mass is 16.5. The molecule has 0 atom stereocenters. The second kappa shape index (κ2) is 4.98. The molecule has 4 heteroatoms. The first-order valence-corrected chi connectivity index (χ1v) is 6.08. The lowest BCUT2D eigenvalue weighted by atomic mass is 10.0. The molecule has 1 heterocycles. The van der Waals surface area contributed by atoms with Crippen molar-refractivity contribution in [3.63, 3.8) is 0 Å². The molecule has 0 aliphatic carbocycles. The molecule has 1 aliphatic heterocycles. The van der Waals surface area contributed by atoms with E-state index in [9.17, 15) is 4.79 Å². The van der Waals surface area contributed by atoms with E-state index in [4.69, 9.17) is 4.74 Å². The number of methoxy groups -OCH3 is 1. The first kappa shape index (κ1) is 12.9. The molecule has 98 valence electrons. The van der Waals surface area contributed by atoms with Gasteiger partial charge in [-0.25, -0.2) is 0 Å². The Bertz CT molecular complexity index is 454. The number of carbonyl (C=O) groups is 1. The quantitative estimate of drug-likeness (QED) is 0.824. The molecule has 0 aromatic heterocycles. The fourth-order valence-corrected chi connectivity index (χ4v) is 2.15. The van der Waals surface area contributed by atoms with Gasteiger partial charge in [0.1, 0.15) is 11.4 Å². The molecule has 0 amide bonds. The first-order valence-electron chi connectivity index (χ1n) is 6.08. The SMILES string of the molecule is COC(=O)CNCc1ccc2c(c1)CC(C)(C)O2. The summed E-state index contributed by atoms with van der Waals surface area (Å²) in [6.45, 7) is 5.06. The molecule has 1 aliphatic rings. The summed E-state index contributed by atoms with van der Waals surface area (Å²) in [5, 5.41) is 3.05. The molecule has 0 spiro atoms. The molecule has 1 aromatic rings. The predicted octanol–water partition coefficient (Wildman–Crippen LogP) is 1.66. The Kier molecular flexibility index (Phi) is 3.57. The molecular formula is C14H19NO3. The zero-order chi connectivity index (χ0) is 13.2. The number of esters is 1. The molecule has 1 aromatic carbocycles. The highest BCUT2D eigenvalue weighted by Crippen LogP contribution is 2.35. The number of hydrogen-bond acceptors (Lipinski definition) is 4. The molecule has 0 saturated carbocycles. The van der Waals surface area contributed by atoms with Crippen LogP contribution in [0.25, 0.3) is 0 Å². The van der Waals surface area contributed by atoms with E-state index in [0.29, 0.717) is 6.54 Å². The Morgan fingerprint density at radius 1 is 1.50 bits per heavy atom. The predicted molar refractivity (Wildman–Crippen MR) is 68.6 cm³/mol. The number of fused-ring (bicyclic) bond motifs is 1. The summed E-state index contributed by atoms with van der Waals surface area (Å²) in [6.07, 6.45) is 0.924. The number of rotatable bonds is 4. The van der Waals surface area contributed by atoms with Gasteiger partial charge in [-0.2, -0.15) is 0 Å². The van der Waals surface area contributed by atoms with E-state index in [1.54, 1.807) is 0 Å². The molecule has 0 unspecified atom stereocenters. The van der Waals surface area contributed by atoms with E-state index in [1.807, 2.05) is 12.1 Å². The minimum Gasteiger partial charge on any atom is -0.487 e. The third kappa shape index (κ3) is 3.01. The smallest absolute Gasteiger partial charge is 0.319 e. The Hall–Kier alpha value is -1.55. The lowest BCUT2D eigenvalue weighted by molar-refractivity contribution is -0.139. The van der Waals surface area contributed by atoms with Gasteiger partial charge in [0.15, 0.2) is 0 Å². The molecule has 18 heavy (non-hydrogen) atoms. The highest BCUT2D eigenvalue weighted by Gasteiger charge is 2.29. The summed E-state index contributed by atoms with van der Waals surface area (Å²) in [7, 11) is 1.39. The van der Waals surface area contributed by atoms with Crippen molar-refractivity contribution in [1.29, 1.82) is 0 Å². The van der Waals surface area contributed by atoms with E-state index in [2.05, 4.69) is 30.0 Å². The number of nitrogens with one attached hydrogen (secondary N) is 1. The van der Waals surface area contributed by atoms with Crippen LogP contribution < -0.4 is 10.1 Å². The minimum atomic E-state index is -0.249. The van der Waals surface area contributed by atoms with Crippen LogP contribution in [0.1, 0.15) is 25.0 Å². The summed E-state index contributed by atoms with van der Waals surface area (Å²) < 4.78 is 10.4. The lowest BCUT2D eigenvalue weighted by Gasteiger charge is -2.16. The van der Waals surface area contributed by atoms with Crippen LogP contribution in [0.15, 0.2) is 18.2 Å². The van der Waals surface area contributed by atoms with Gasteiger partial charge in [-0.1, -0.05) is 12.1 Å². The van der Waals surface area contributed by atoms with E-state index < -0.39 is 0 Å². The van der Waals surface area contributed by atoms with Crippen molar-refractivity contribution in [3.05, 3.63) is 29.3 Å². The summed E-state index contributed by atoms with van der Waals surface area (Å²) in [6, 6.07) is 6.15. The molecule has 2 rings (SSSR count). The maximum Gasteiger partial charge on any atom is 0.319 e. The normalized spacial score (nSPS) is 15.9. The van der Waals surface area contributed by atoms with Gasteiger partial charge in [-0.05, 0) is 31.0 Å². The van der Waals surface area contributed by atoms with Crippen molar-refractivity contribution in [2.24, 2.45) is 0 Å². The zero-order valence-electron chi connectivity index (χ0n) is 11.1. The van der Waals surface area contributed by atoms with Gasteiger partial charge in [0.05, 0.1) is 13.7 Å². The zero-order valence-corrected chi connectivity index (χ0v) is 11.1. The van der Waals surface area contributed by atoms with Crippen LogP contribution in [-0.4, -0.2) is 25.2 Å². The fourth-order valence-electron chi connectivity index (χ4n) is 2.15. The van der Waals surface area contributed by atoms with Crippen LogP contribution in [0.3, 0.4) is 0 Å². The van der Waals surface area contributed by atoms with Crippen LogP contribution in [0.4, 0.5) is 0 Å². The lowest BCUT2D eigenvalue weighted by Crippen LogP contribution is -2.24. The van der Waals surface area contributed by atoms with Gasteiger partial charge in [0.2, 0.25) is 0 Å². The van der Waals surface area contributed by atoms with E-state index in [1.165, 1.54) is 12.7 Å². The fraction of sp³-hybridized carbons (Fsp3) is 0.500. The van der Waals surface area contributed by atoms with Gasteiger partial charge in [-0.15, -0.1) is 0 Å². The number of ether oxygens (including phenoxy) is 2. The van der Waals surface area contributed by atoms with E-state index >= 15 is 0 Å². The van der Waals surface area contributed by atoms with Gasteiger partial charge in [0, 0.05) is 13.0 Å². The Morgan fingerprint density at radius 2 is 2.28 bits per heavy atom. The van der Waals surface area contributed by atoms with Crippen LogP contribution >= 0.6 is 0 Å². The summed E-state index contributed by atoms with van der Waals surface area (Å²) in [5.41, 5.74) is 2.27. The van der Waals surface area contributed by atoms with E-state index in [0.717, 1.165) is 17.7 Å². The maximum absolute atomic E-state index is 11.0. The molecule has 0 fully saturated rings. The van der Waals surface area contributed by atoms with Gasteiger partial charge in [0.25, 0.3) is 0 Å². The monoisotopic (exact) mass is 249 g/mol. The summed E-state index contributed by atoms with van der Waals surface area (Å²) in [5.74, 6) is 0.720. The van der Waals surface area contributed by atoms with Crippen molar-refractivity contribution >= 4 is 5.97 Å². The Balaban J connectivity index is 1.95.